The summed E-state index contributed by atoms with van der Waals surface area (Å²) in [6, 6.07) is 1.09. The van der Waals surface area contributed by atoms with Crippen molar-refractivity contribution < 1.29 is 41.1 Å². The van der Waals surface area contributed by atoms with Crippen LogP contribution in [0.5, 0.6) is 5.75 Å². The van der Waals surface area contributed by atoms with Gasteiger partial charge in [-0.3, -0.25) is 0 Å². The van der Waals surface area contributed by atoms with E-state index in [-0.39, 0.29) is 6.07 Å². The lowest BCUT2D eigenvalue weighted by Crippen LogP contribution is -2.36. The van der Waals surface area contributed by atoms with Gasteiger partial charge in [0.05, 0.1) is 5.56 Å². The molecule has 2 N–H and O–H groups in total. The molecule has 0 radical (unpaired) electrons. The van der Waals surface area contributed by atoms with Gasteiger partial charge >= 0.3 is 19.7 Å². The predicted octanol–water partition coefficient (Wildman–Crippen LogP) is 1.28. The minimum atomic E-state index is -5.14. The van der Waals surface area contributed by atoms with Gasteiger partial charge in [-0.1, -0.05) is 6.07 Å². The van der Waals surface area contributed by atoms with Crippen LogP contribution in [0.3, 0.4) is 0 Å². The predicted molar refractivity (Wildman–Crippen MR) is 48.0 cm³/mol. The van der Waals surface area contributed by atoms with E-state index in [0.717, 1.165) is 0 Å². The fraction of sp³-hybridized carbons (Fsp3) is 0.250. The van der Waals surface area contributed by atoms with Gasteiger partial charge in [0.2, 0.25) is 0 Å². The lowest BCUT2D eigenvalue weighted by atomic mass is 9.77. The van der Waals surface area contributed by atoms with Crippen molar-refractivity contribution in [2.45, 2.75) is 12.5 Å². The summed E-state index contributed by atoms with van der Waals surface area (Å²) in [6.45, 7) is 0. The van der Waals surface area contributed by atoms with E-state index in [1.54, 1.807) is 0 Å². The van der Waals surface area contributed by atoms with Gasteiger partial charge in [-0.15, -0.1) is 13.2 Å². The van der Waals surface area contributed by atoms with Crippen molar-refractivity contribution in [2.75, 3.05) is 0 Å². The molecule has 0 spiro atoms. The van der Waals surface area contributed by atoms with Crippen LogP contribution < -0.4 is 10.2 Å². The zero-order valence-corrected chi connectivity index (χ0v) is 8.38. The lowest BCUT2D eigenvalue weighted by molar-refractivity contribution is -0.274. The summed E-state index contributed by atoms with van der Waals surface area (Å²) >= 11 is 0. The number of hydrogen-bond acceptors (Lipinski definition) is 3. The summed E-state index contributed by atoms with van der Waals surface area (Å²) in [6.07, 6.45) is -10.2. The topological polar surface area (TPSA) is 49.7 Å². The zero-order chi connectivity index (χ0) is 14.1. The van der Waals surface area contributed by atoms with Crippen molar-refractivity contribution in [3.63, 3.8) is 0 Å². The summed E-state index contributed by atoms with van der Waals surface area (Å²) in [4.78, 5) is 0. The van der Waals surface area contributed by atoms with E-state index in [1.165, 1.54) is 0 Å². The summed E-state index contributed by atoms with van der Waals surface area (Å²) in [5.74, 6) is -1.10. The van der Waals surface area contributed by atoms with E-state index in [2.05, 4.69) is 4.74 Å². The first kappa shape index (κ1) is 14.6. The maximum absolute atomic E-state index is 12.5. The normalized spacial score (nSPS) is 12.4. The third-order valence-corrected chi connectivity index (χ3v) is 1.84. The highest BCUT2D eigenvalue weighted by Crippen LogP contribution is 2.32. The van der Waals surface area contributed by atoms with Gasteiger partial charge in [0, 0.05) is 0 Å². The molecule has 0 fully saturated rings. The van der Waals surface area contributed by atoms with E-state index >= 15 is 0 Å². The van der Waals surface area contributed by atoms with Gasteiger partial charge in [0.1, 0.15) is 5.75 Å². The molecular formula is C8H5BF6O3. The molecule has 1 rings (SSSR count). The van der Waals surface area contributed by atoms with Gasteiger partial charge in [0.25, 0.3) is 0 Å². The molecule has 0 heterocycles. The second kappa shape index (κ2) is 4.69. The molecule has 3 nitrogen and oxygen atoms in total. The molecule has 100 valence electrons. The number of alkyl halides is 6. The van der Waals surface area contributed by atoms with Crippen LogP contribution in [0.4, 0.5) is 26.3 Å². The molecule has 0 saturated heterocycles. The molecule has 0 aliphatic rings. The Morgan fingerprint density at radius 2 is 1.56 bits per heavy atom. The van der Waals surface area contributed by atoms with Gasteiger partial charge in [-0.25, -0.2) is 0 Å². The van der Waals surface area contributed by atoms with Crippen LogP contribution in [-0.4, -0.2) is 23.5 Å². The van der Waals surface area contributed by atoms with E-state index < -0.39 is 36.4 Å². The van der Waals surface area contributed by atoms with Crippen molar-refractivity contribution in [3.05, 3.63) is 23.8 Å². The van der Waals surface area contributed by atoms with Crippen molar-refractivity contribution in [2.24, 2.45) is 0 Å². The van der Waals surface area contributed by atoms with Crippen molar-refractivity contribution in [1.29, 1.82) is 0 Å². The highest BCUT2D eigenvalue weighted by Gasteiger charge is 2.38. The van der Waals surface area contributed by atoms with Crippen LogP contribution in [0.2, 0.25) is 0 Å². The summed E-state index contributed by atoms with van der Waals surface area (Å²) in [5.41, 5.74) is -2.57. The molecular weight excluding hydrogens is 269 g/mol. The Morgan fingerprint density at radius 3 is 1.94 bits per heavy atom. The molecule has 1 aromatic rings. The number of ether oxygens (including phenoxy) is 1. The fourth-order valence-corrected chi connectivity index (χ4v) is 1.20. The van der Waals surface area contributed by atoms with E-state index in [9.17, 15) is 26.3 Å². The molecule has 0 aromatic heterocycles. The molecule has 10 heteroatoms. The first-order chi connectivity index (χ1) is 8.00. The summed E-state index contributed by atoms with van der Waals surface area (Å²) < 4.78 is 76.2. The number of benzene rings is 1. The largest absolute Gasteiger partial charge is 0.573 e. The summed E-state index contributed by atoms with van der Waals surface area (Å²) in [7, 11) is -2.46. The minimum Gasteiger partial charge on any atom is -0.423 e. The Hall–Kier alpha value is -1.42. The van der Waals surface area contributed by atoms with E-state index in [0.29, 0.717) is 12.1 Å². The quantitative estimate of drug-likeness (QED) is 0.631. The van der Waals surface area contributed by atoms with Crippen LogP contribution in [0.25, 0.3) is 0 Å². The lowest BCUT2D eigenvalue weighted by Gasteiger charge is -2.15. The molecule has 0 aliphatic heterocycles. The minimum absolute atomic E-state index is 0.0439. The van der Waals surface area contributed by atoms with Crippen molar-refractivity contribution in [1.82, 2.24) is 0 Å². The van der Waals surface area contributed by atoms with Gasteiger partial charge in [-0.2, -0.15) is 13.2 Å². The molecule has 0 unspecified atom stereocenters. The average molecular weight is 274 g/mol. The van der Waals surface area contributed by atoms with E-state index in [4.69, 9.17) is 10.0 Å². The zero-order valence-electron chi connectivity index (χ0n) is 8.38. The third kappa shape index (κ3) is 3.81. The number of rotatable bonds is 2. The van der Waals surface area contributed by atoms with E-state index in [1.807, 2.05) is 0 Å². The highest BCUT2D eigenvalue weighted by molar-refractivity contribution is 6.59. The molecule has 0 aliphatic carbocycles. The standard InChI is InChI=1S/C8H5BF6O3/c10-7(11,12)5-3-4(18-8(13,14)15)1-2-6(5)9(16)17/h1-3,16-17H. The third-order valence-electron chi connectivity index (χ3n) is 1.84. The molecule has 0 atom stereocenters. The molecule has 1 aromatic carbocycles. The van der Waals surface area contributed by atoms with Gasteiger partial charge < -0.3 is 14.8 Å². The van der Waals surface area contributed by atoms with Gasteiger partial charge in [-0.05, 0) is 17.6 Å². The Labute approximate surface area is 96.7 Å². The molecule has 0 bridgehead atoms. The average Bonchev–Trinajstić information content (AvgIpc) is 2.13. The van der Waals surface area contributed by atoms with Crippen molar-refractivity contribution in [3.8, 4) is 5.75 Å². The van der Waals surface area contributed by atoms with Crippen LogP contribution in [0.1, 0.15) is 5.56 Å². The fourth-order valence-electron chi connectivity index (χ4n) is 1.20. The Kier molecular flexibility index (Phi) is 3.82. The SMILES string of the molecule is OB(O)c1ccc(OC(F)(F)F)cc1C(F)(F)F. The van der Waals surface area contributed by atoms with Crippen LogP contribution in [0.15, 0.2) is 18.2 Å². The number of hydrogen-bond donors (Lipinski definition) is 2. The molecule has 0 amide bonds. The summed E-state index contributed by atoms with van der Waals surface area (Å²) in [5, 5.41) is 17.4. The monoisotopic (exact) mass is 274 g/mol. The second-order valence-corrected chi connectivity index (χ2v) is 3.17. The van der Waals surface area contributed by atoms with Crippen molar-refractivity contribution >= 4 is 12.6 Å². The number of halogens is 6. The Bertz CT molecular complexity index is 428. The second-order valence-electron chi connectivity index (χ2n) is 3.17. The Balaban J connectivity index is 3.22. The van der Waals surface area contributed by atoms with Gasteiger partial charge in [0.15, 0.2) is 0 Å². The maximum atomic E-state index is 12.5. The molecule has 0 saturated carbocycles. The molecule has 18 heavy (non-hydrogen) atoms. The first-order valence-corrected chi connectivity index (χ1v) is 4.34. The van der Waals surface area contributed by atoms with Crippen LogP contribution in [-0.2, 0) is 6.18 Å². The Morgan fingerprint density at radius 1 is 1.00 bits per heavy atom. The maximum Gasteiger partial charge on any atom is 0.573 e. The highest BCUT2D eigenvalue weighted by atomic mass is 19.4. The smallest absolute Gasteiger partial charge is 0.423 e. The van der Waals surface area contributed by atoms with Crippen LogP contribution in [0, 0.1) is 0 Å². The van der Waals surface area contributed by atoms with Crippen LogP contribution >= 0.6 is 0 Å². The first-order valence-electron chi connectivity index (χ1n) is 4.34.